The minimum absolute atomic E-state index is 0.293. The number of hydrogen-bond acceptors (Lipinski definition) is 1. The van der Waals surface area contributed by atoms with Gasteiger partial charge < -0.3 is 4.90 Å². The monoisotopic (exact) mass is 479 g/mol. The first kappa shape index (κ1) is 26.7. The average molecular weight is 480 g/mol. The molecule has 0 spiro atoms. The van der Waals surface area contributed by atoms with Crippen LogP contribution in [-0.2, 0) is 0 Å². The van der Waals surface area contributed by atoms with Crippen molar-refractivity contribution in [3.8, 4) is 0 Å². The molecule has 0 aromatic rings. The Morgan fingerprint density at radius 2 is 1.49 bits per heavy atom. The molecule has 0 aromatic heterocycles. The molecular weight excluding hydrogens is 424 g/mol. The van der Waals surface area contributed by atoms with Crippen LogP contribution in [-0.4, -0.2) is 40.4 Å². The number of fused-ring (bicyclic) bond motifs is 2. The molecule has 4 atom stereocenters. The van der Waals surface area contributed by atoms with E-state index in [0.29, 0.717) is 10.8 Å². The summed E-state index contributed by atoms with van der Waals surface area (Å²) >= 11 is 0. The van der Waals surface area contributed by atoms with E-state index >= 15 is 0 Å². The van der Waals surface area contributed by atoms with Gasteiger partial charge in [0.2, 0.25) is 0 Å². The molecule has 0 radical (unpaired) electrons. The summed E-state index contributed by atoms with van der Waals surface area (Å²) in [5.41, 5.74) is 3.78. The molecule has 0 N–H and O–H groups in total. The largest absolute Gasteiger partial charge is 0.371 e. The van der Waals surface area contributed by atoms with Crippen molar-refractivity contribution in [3.63, 3.8) is 0 Å². The summed E-state index contributed by atoms with van der Waals surface area (Å²) in [4.78, 5) is 2.81. The van der Waals surface area contributed by atoms with Crippen LogP contribution in [0.15, 0.2) is 36.1 Å². The third-order valence-corrected chi connectivity index (χ3v) is 10.3. The van der Waals surface area contributed by atoms with Crippen LogP contribution in [0.1, 0.15) is 119 Å². The van der Waals surface area contributed by atoms with Gasteiger partial charge in [0.1, 0.15) is 6.54 Å². The van der Waals surface area contributed by atoms with Crippen molar-refractivity contribution in [1.82, 2.24) is 4.90 Å². The van der Waals surface area contributed by atoms with E-state index in [4.69, 9.17) is 0 Å². The van der Waals surface area contributed by atoms with Crippen LogP contribution in [0.25, 0.3) is 0 Å². The van der Waals surface area contributed by atoms with Crippen LogP contribution < -0.4 is 0 Å². The molecule has 2 heterocycles. The second-order valence-electron chi connectivity index (χ2n) is 13.1. The van der Waals surface area contributed by atoms with Gasteiger partial charge in [0.15, 0.2) is 11.8 Å². The number of likely N-dealkylation sites (tertiary alicyclic amines) is 1. The van der Waals surface area contributed by atoms with Gasteiger partial charge >= 0.3 is 0 Å². The van der Waals surface area contributed by atoms with Crippen molar-refractivity contribution >= 4 is 5.71 Å². The van der Waals surface area contributed by atoms with Crippen LogP contribution in [0.5, 0.6) is 0 Å². The lowest BCUT2D eigenvalue weighted by Crippen LogP contribution is -2.35. The Labute approximate surface area is 217 Å². The summed E-state index contributed by atoms with van der Waals surface area (Å²) < 4.78 is 2.81. The zero-order valence-electron chi connectivity index (χ0n) is 24.0. The van der Waals surface area contributed by atoms with Crippen molar-refractivity contribution < 1.29 is 4.58 Å². The first-order valence-electron chi connectivity index (χ1n) is 15.3. The van der Waals surface area contributed by atoms with E-state index in [1.54, 1.807) is 11.4 Å². The van der Waals surface area contributed by atoms with Crippen molar-refractivity contribution in [2.45, 2.75) is 131 Å². The lowest BCUT2D eigenvalue weighted by molar-refractivity contribution is -0.566. The highest BCUT2D eigenvalue weighted by Gasteiger charge is 2.54. The normalized spacial score (nSPS) is 33.3. The summed E-state index contributed by atoms with van der Waals surface area (Å²) in [6.45, 7) is 17.2. The van der Waals surface area contributed by atoms with E-state index in [-0.39, 0.29) is 0 Å². The fraction of sp³-hybridized carbons (Fsp3) is 0.788. The molecule has 0 amide bonds. The van der Waals surface area contributed by atoms with Crippen LogP contribution in [0.4, 0.5) is 0 Å². The molecule has 2 nitrogen and oxygen atoms in total. The highest BCUT2D eigenvalue weighted by molar-refractivity contribution is 5.96. The maximum atomic E-state index is 2.81. The number of hydrogen-bond donors (Lipinski definition) is 0. The van der Waals surface area contributed by atoms with Gasteiger partial charge in [0.25, 0.3) is 0 Å². The predicted octanol–water partition coefficient (Wildman–Crippen LogP) is 8.54. The summed E-state index contributed by atoms with van der Waals surface area (Å²) in [7, 11) is 0. The third kappa shape index (κ3) is 5.24. The molecule has 4 aliphatic rings. The SMILES string of the molecule is CCCCN1/C(=C/C=C/C=C/C2=[N+](CCCC)[C@@H]3CCCC[C@@H]3C2(C)C)C(C)(C)[C@@H]2CCCC[C@H]21. The van der Waals surface area contributed by atoms with Crippen molar-refractivity contribution in [2.24, 2.45) is 22.7 Å². The minimum Gasteiger partial charge on any atom is -0.371 e. The molecule has 0 unspecified atom stereocenters. The average Bonchev–Trinajstić information content (AvgIpc) is 3.20. The lowest BCUT2D eigenvalue weighted by atomic mass is 9.69. The molecule has 1 saturated heterocycles. The van der Waals surface area contributed by atoms with Crippen molar-refractivity contribution in [3.05, 3.63) is 36.1 Å². The number of unbranched alkanes of at least 4 members (excludes halogenated alkanes) is 2. The van der Waals surface area contributed by atoms with E-state index in [1.807, 2.05) is 0 Å². The number of nitrogens with zero attached hydrogens (tertiary/aromatic N) is 2. The Hall–Kier alpha value is -1.31. The Bertz CT molecular complexity index is 839. The Balaban J connectivity index is 1.55. The van der Waals surface area contributed by atoms with Gasteiger partial charge in [-0.15, -0.1) is 0 Å². The summed E-state index contributed by atoms with van der Waals surface area (Å²) in [6, 6.07) is 1.54. The summed E-state index contributed by atoms with van der Waals surface area (Å²) in [5, 5.41) is 0. The maximum absolute atomic E-state index is 2.81. The maximum Gasteiger partial charge on any atom is 0.182 e. The van der Waals surface area contributed by atoms with Crippen LogP contribution in [0, 0.1) is 22.7 Å². The second kappa shape index (κ2) is 11.4. The van der Waals surface area contributed by atoms with E-state index < -0.39 is 0 Å². The molecule has 2 saturated carbocycles. The summed E-state index contributed by atoms with van der Waals surface area (Å²) in [5.74, 6) is 1.65. The van der Waals surface area contributed by atoms with Gasteiger partial charge in [0, 0.05) is 48.5 Å². The van der Waals surface area contributed by atoms with Crippen LogP contribution >= 0.6 is 0 Å². The van der Waals surface area contributed by atoms with Gasteiger partial charge in [-0.25, -0.2) is 4.58 Å². The molecular formula is C33H55N2+. The molecule has 196 valence electrons. The van der Waals surface area contributed by atoms with E-state index in [2.05, 4.69) is 81.4 Å². The molecule has 2 heteroatoms. The Morgan fingerprint density at radius 1 is 0.800 bits per heavy atom. The second-order valence-corrected chi connectivity index (χ2v) is 13.1. The van der Waals surface area contributed by atoms with E-state index in [9.17, 15) is 0 Å². The zero-order valence-corrected chi connectivity index (χ0v) is 24.0. The fourth-order valence-corrected chi connectivity index (χ4v) is 8.34. The van der Waals surface area contributed by atoms with Crippen LogP contribution in [0.3, 0.4) is 0 Å². The molecule has 0 aromatic carbocycles. The van der Waals surface area contributed by atoms with Gasteiger partial charge in [-0.1, -0.05) is 78.0 Å². The van der Waals surface area contributed by atoms with Crippen LogP contribution in [0.2, 0.25) is 0 Å². The quantitative estimate of drug-likeness (QED) is 0.237. The van der Waals surface area contributed by atoms with Crippen molar-refractivity contribution in [1.29, 1.82) is 0 Å². The van der Waals surface area contributed by atoms with E-state index in [1.165, 1.54) is 90.1 Å². The molecule has 35 heavy (non-hydrogen) atoms. The number of allylic oxidation sites excluding steroid dienone is 6. The first-order valence-corrected chi connectivity index (χ1v) is 15.3. The van der Waals surface area contributed by atoms with Crippen molar-refractivity contribution in [2.75, 3.05) is 13.1 Å². The van der Waals surface area contributed by atoms with Gasteiger partial charge in [-0.3, -0.25) is 0 Å². The Kier molecular flexibility index (Phi) is 8.70. The topological polar surface area (TPSA) is 6.25 Å². The standard InChI is InChI=1S/C33H55N2/c1-7-9-24-34-28-20-16-14-18-26(28)32(3,4)30(34)22-12-11-13-23-31-33(5,6)27-19-15-17-21-29(27)35(31)25-10-8-2/h11-13,22-23,26-29H,7-10,14-21,24-25H2,1-6H3/q+1/t26-,27+,28-,29-/m1/s1. The Morgan fingerprint density at radius 3 is 2.23 bits per heavy atom. The van der Waals surface area contributed by atoms with Gasteiger partial charge in [0.05, 0.1) is 5.41 Å². The first-order chi connectivity index (χ1) is 16.8. The smallest absolute Gasteiger partial charge is 0.182 e. The fourth-order valence-electron chi connectivity index (χ4n) is 8.34. The zero-order chi connectivity index (χ0) is 25.1. The van der Waals surface area contributed by atoms with E-state index in [0.717, 1.165) is 23.9 Å². The predicted molar refractivity (Wildman–Crippen MR) is 152 cm³/mol. The molecule has 4 rings (SSSR count). The number of rotatable bonds is 9. The molecule has 2 aliphatic carbocycles. The molecule has 0 bridgehead atoms. The minimum atomic E-state index is 0.293. The van der Waals surface area contributed by atoms with Gasteiger partial charge in [-0.2, -0.15) is 0 Å². The molecule has 3 fully saturated rings. The lowest BCUT2D eigenvalue weighted by Gasteiger charge is -2.34. The molecule has 2 aliphatic heterocycles. The third-order valence-electron chi connectivity index (χ3n) is 10.3. The highest BCUT2D eigenvalue weighted by Crippen LogP contribution is 2.53. The highest BCUT2D eigenvalue weighted by atomic mass is 15.2. The summed E-state index contributed by atoms with van der Waals surface area (Å²) in [6.07, 6.45) is 28.4. The van der Waals surface area contributed by atoms with Gasteiger partial charge in [-0.05, 0) is 57.9 Å².